The lowest BCUT2D eigenvalue weighted by molar-refractivity contribution is 0.0859. The molecule has 5 rings (SSSR count). The van der Waals surface area contributed by atoms with Crippen molar-refractivity contribution in [3.63, 3.8) is 0 Å². The van der Waals surface area contributed by atoms with Crippen LogP contribution in [0.1, 0.15) is 28.8 Å². The Labute approximate surface area is 184 Å². The molecule has 2 aromatic carbocycles. The van der Waals surface area contributed by atoms with Crippen molar-refractivity contribution < 1.29 is 13.9 Å². The first-order valence-electron chi connectivity index (χ1n) is 10.8. The summed E-state index contributed by atoms with van der Waals surface area (Å²) in [4.78, 5) is 22.6. The third kappa shape index (κ3) is 3.89. The van der Waals surface area contributed by atoms with Gasteiger partial charge in [-0.2, -0.15) is 0 Å². The molecule has 0 radical (unpaired) electrons. The Kier molecular flexibility index (Phi) is 5.45. The molecule has 1 aliphatic rings. The number of amides is 1. The van der Waals surface area contributed by atoms with Crippen molar-refractivity contribution in [1.82, 2.24) is 19.9 Å². The van der Waals surface area contributed by atoms with Gasteiger partial charge in [-0.3, -0.25) is 4.79 Å². The van der Waals surface area contributed by atoms with Gasteiger partial charge in [-0.1, -0.05) is 24.3 Å². The average molecular weight is 433 g/mol. The highest BCUT2D eigenvalue weighted by atomic mass is 19.1. The van der Waals surface area contributed by atoms with Gasteiger partial charge in [-0.05, 0) is 49.1 Å². The maximum Gasteiger partial charge on any atom is 0.257 e. The second-order valence-corrected chi connectivity index (χ2v) is 8.02. The number of benzene rings is 2. The predicted molar refractivity (Wildman–Crippen MR) is 121 cm³/mol. The summed E-state index contributed by atoms with van der Waals surface area (Å²) in [6, 6.07) is 13.9. The number of carbonyl (C=O) groups excluding carboxylic acids is 1. The van der Waals surface area contributed by atoms with Crippen LogP contribution in [-0.2, 0) is 17.7 Å². The predicted octanol–water partition coefficient (Wildman–Crippen LogP) is 3.46. The molecule has 1 unspecified atom stereocenters. The number of rotatable bonds is 6. The van der Waals surface area contributed by atoms with Crippen LogP contribution in [0, 0.1) is 5.82 Å². The Morgan fingerprint density at radius 2 is 1.91 bits per heavy atom. The largest absolute Gasteiger partial charge is 0.384 e. The monoisotopic (exact) mass is 433 g/mol. The highest BCUT2D eigenvalue weighted by Crippen LogP contribution is 2.28. The zero-order chi connectivity index (χ0) is 22.1. The van der Waals surface area contributed by atoms with Gasteiger partial charge < -0.3 is 20.4 Å². The Bertz CT molecular complexity index is 1280. The summed E-state index contributed by atoms with van der Waals surface area (Å²) in [5, 5.41) is 2.95. The summed E-state index contributed by atoms with van der Waals surface area (Å²) in [5.74, 6) is -0.238. The van der Waals surface area contributed by atoms with E-state index in [1.807, 2.05) is 28.8 Å². The lowest BCUT2D eigenvalue weighted by atomic mass is 10.1. The van der Waals surface area contributed by atoms with Crippen LogP contribution in [0.2, 0.25) is 0 Å². The number of fused-ring (bicyclic) bond motifs is 2. The van der Waals surface area contributed by atoms with E-state index in [-0.39, 0.29) is 17.8 Å². The van der Waals surface area contributed by atoms with E-state index in [1.165, 1.54) is 12.1 Å². The number of nitrogen functional groups attached to an aromatic ring is 1. The molecule has 1 fully saturated rings. The number of carbonyl (C=O) groups is 1. The summed E-state index contributed by atoms with van der Waals surface area (Å²) >= 11 is 0. The minimum atomic E-state index is -0.284. The highest BCUT2D eigenvalue weighted by Gasteiger charge is 2.25. The molecule has 164 valence electrons. The van der Waals surface area contributed by atoms with E-state index >= 15 is 0 Å². The normalized spacial score (nSPS) is 16.1. The third-order valence-corrected chi connectivity index (χ3v) is 5.87. The van der Waals surface area contributed by atoms with Gasteiger partial charge in [-0.25, -0.2) is 14.4 Å². The van der Waals surface area contributed by atoms with Crippen LogP contribution in [0.4, 0.5) is 10.2 Å². The van der Waals surface area contributed by atoms with E-state index in [2.05, 4.69) is 5.32 Å². The molecule has 1 atom stereocenters. The molecule has 3 N–H and O–H groups in total. The first-order chi connectivity index (χ1) is 15.6. The fourth-order valence-corrected chi connectivity index (χ4v) is 4.16. The fraction of sp³-hybridized carbons (Fsp3) is 0.292. The lowest BCUT2D eigenvalue weighted by Gasteiger charge is -2.11. The molecule has 32 heavy (non-hydrogen) atoms. The van der Waals surface area contributed by atoms with Gasteiger partial charge >= 0.3 is 0 Å². The number of nitrogens with zero attached hydrogens (tertiary/aromatic N) is 3. The van der Waals surface area contributed by atoms with Crippen LogP contribution in [-0.4, -0.2) is 39.7 Å². The highest BCUT2D eigenvalue weighted by molar-refractivity contribution is 6.10. The molecular formula is C24H24FN5O2. The standard InChI is InChI=1S/C24H24FN5O2/c25-16-9-7-15(8-10-16)11-12-30-22(26)20(24(31)27-14-17-4-3-13-32-17)21-23(30)29-19-6-2-1-5-18(19)28-21/h1-2,5-10,17H,3-4,11-14,26H2,(H,27,31). The van der Waals surface area contributed by atoms with Crippen LogP contribution in [0.25, 0.3) is 22.2 Å². The van der Waals surface area contributed by atoms with E-state index in [0.29, 0.717) is 47.6 Å². The average Bonchev–Trinajstić information content (AvgIpc) is 3.41. The molecule has 2 aromatic heterocycles. The second kappa shape index (κ2) is 8.55. The number of hydrogen-bond donors (Lipinski definition) is 2. The molecule has 1 saturated heterocycles. The number of para-hydroxylation sites is 2. The van der Waals surface area contributed by atoms with Crippen molar-refractivity contribution in [2.75, 3.05) is 18.9 Å². The van der Waals surface area contributed by atoms with Gasteiger partial charge in [0.05, 0.1) is 17.1 Å². The number of halogens is 1. The molecule has 8 heteroatoms. The molecule has 1 aliphatic heterocycles. The molecule has 0 spiro atoms. The van der Waals surface area contributed by atoms with Crippen LogP contribution < -0.4 is 11.1 Å². The van der Waals surface area contributed by atoms with Crippen molar-refractivity contribution in [3.8, 4) is 0 Å². The molecule has 0 saturated carbocycles. The minimum absolute atomic E-state index is 0.0268. The van der Waals surface area contributed by atoms with Gasteiger partial charge in [0.1, 0.15) is 22.7 Å². The van der Waals surface area contributed by atoms with Crippen molar-refractivity contribution in [2.45, 2.75) is 31.9 Å². The SMILES string of the molecule is Nc1c(C(=O)NCC2CCCO2)c2nc3ccccc3nc2n1CCc1ccc(F)cc1. The van der Waals surface area contributed by atoms with E-state index in [9.17, 15) is 9.18 Å². The van der Waals surface area contributed by atoms with Crippen LogP contribution >= 0.6 is 0 Å². The topological polar surface area (TPSA) is 95.1 Å². The summed E-state index contributed by atoms with van der Waals surface area (Å²) in [5.41, 5.74) is 10.2. The zero-order valence-electron chi connectivity index (χ0n) is 17.6. The Morgan fingerprint density at radius 3 is 2.62 bits per heavy atom. The Balaban J connectivity index is 1.52. The van der Waals surface area contributed by atoms with Gasteiger partial charge in [0.15, 0.2) is 5.65 Å². The third-order valence-electron chi connectivity index (χ3n) is 5.87. The van der Waals surface area contributed by atoms with E-state index < -0.39 is 0 Å². The minimum Gasteiger partial charge on any atom is -0.384 e. The van der Waals surface area contributed by atoms with Crippen LogP contribution in [0.3, 0.4) is 0 Å². The summed E-state index contributed by atoms with van der Waals surface area (Å²) in [6.07, 6.45) is 2.57. The molecule has 3 heterocycles. The molecule has 7 nitrogen and oxygen atoms in total. The number of anilines is 1. The summed E-state index contributed by atoms with van der Waals surface area (Å²) < 4.78 is 20.7. The maximum absolute atomic E-state index is 13.3. The van der Waals surface area contributed by atoms with E-state index in [1.54, 1.807) is 12.1 Å². The van der Waals surface area contributed by atoms with Gasteiger partial charge in [0.2, 0.25) is 0 Å². The van der Waals surface area contributed by atoms with Crippen molar-refractivity contribution in [1.29, 1.82) is 0 Å². The lowest BCUT2D eigenvalue weighted by Crippen LogP contribution is -2.32. The summed E-state index contributed by atoms with van der Waals surface area (Å²) in [6.45, 7) is 1.64. The van der Waals surface area contributed by atoms with Crippen LogP contribution in [0.5, 0.6) is 0 Å². The first kappa shape index (κ1) is 20.4. The van der Waals surface area contributed by atoms with E-state index in [4.69, 9.17) is 20.4 Å². The number of aryl methyl sites for hydroxylation is 2. The molecule has 4 aromatic rings. The van der Waals surface area contributed by atoms with Gasteiger partial charge in [0.25, 0.3) is 5.91 Å². The van der Waals surface area contributed by atoms with E-state index in [0.717, 1.165) is 30.5 Å². The molecule has 0 aliphatic carbocycles. The summed E-state index contributed by atoms with van der Waals surface area (Å²) in [7, 11) is 0. The quantitative estimate of drug-likeness (QED) is 0.486. The zero-order valence-corrected chi connectivity index (χ0v) is 17.6. The van der Waals surface area contributed by atoms with Crippen molar-refractivity contribution >= 4 is 33.9 Å². The van der Waals surface area contributed by atoms with Crippen LogP contribution in [0.15, 0.2) is 48.5 Å². The van der Waals surface area contributed by atoms with Crippen molar-refractivity contribution in [2.24, 2.45) is 0 Å². The Hall–Kier alpha value is -3.52. The second-order valence-electron chi connectivity index (χ2n) is 8.02. The number of aromatic nitrogens is 3. The smallest absolute Gasteiger partial charge is 0.257 e. The number of nitrogens with two attached hydrogens (primary N) is 1. The van der Waals surface area contributed by atoms with Gasteiger partial charge in [0, 0.05) is 19.7 Å². The molecule has 0 bridgehead atoms. The maximum atomic E-state index is 13.3. The number of ether oxygens (including phenoxy) is 1. The van der Waals surface area contributed by atoms with Gasteiger partial charge in [-0.15, -0.1) is 0 Å². The van der Waals surface area contributed by atoms with Crippen molar-refractivity contribution in [3.05, 3.63) is 65.5 Å². The first-order valence-corrected chi connectivity index (χ1v) is 10.8. The molecule has 1 amide bonds. The number of hydrogen-bond acceptors (Lipinski definition) is 5. The number of nitrogens with one attached hydrogen (secondary N) is 1. The Morgan fingerprint density at radius 1 is 1.16 bits per heavy atom. The molecular weight excluding hydrogens is 409 g/mol. The fourth-order valence-electron chi connectivity index (χ4n) is 4.16.